The molecule has 3 rings (SSSR count). The lowest BCUT2D eigenvalue weighted by atomic mass is 10.1. The maximum atomic E-state index is 13.2. The number of rotatable bonds is 6. The molecule has 0 unspecified atom stereocenters. The molecule has 0 atom stereocenters. The molecule has 1 aromatic heterocycles. The topological polar surface area (TPSA) is 74.7 Å². The van der Waals surface area contributed by atoms with Crippen LogP contribution in [0.4, 0.5) is 18.9 Å². The van der Waals surface area contributed by atoms with Gasteiger partial charge in [-0.25, -0.2) is 0 Å². The van der Waals surface area contributed by atoms with Gasteiger partial charge in [-0.1, -0.05) is 19.9 Å². The Kier molecular flexibility index (Phi) is 7.68. The Morgan fingerprint density at radius 1 is 1.06 bits per heavy atom. The highest BCUT2D eigenvalue weighted by atomic mass is 19.4. The Hall–Kier alpha value is -3.30. The summed E-state index contributed by atoms with van der Waals surface area (Å²) in [5, 5.41) is 2.60. The van der Waals surface area contributed by atoms with Crippen molar-refractivity contribution in [3.05, 3.63) is 63.6 Å². The average Bonchev–Trinajstić information content (AvgIpc) is 2.79. The summed E-state index contributed by atoms with van der Waals surface area (Å²) in [5.41, 5.74) is -1.10. The van der Waals surface area contributed by atoms with Gasteiger partial charge in [0.15, 0.2) is 0 Å². The molecule has 34 heavy (non-hydrogen) atoms. The molecule has 1 N–H and O–H groups in total. The van der Waals surface area contributed by atoms with E-state index in [4.69, 9.17) is 0 Å². The third-order valence-corrected chi connectivity index (χ3v) is 5.57. The van der Waals surface area contributed by atoms with Crippen LogP contribution in [0.3, 0.4) is 0 Å². The summed E-state index contributed by atoms with van der Waals surface area (Å²) in [6.07, 6.45) is -1.49. The summed E-state index contributed by atoms with van der Waals surface area (Å²) >= 11 is 0. The van der Waals surface area contributed by atoms with Crippen molar-refractivity contribution >= 4 is 17.5 Å². The van der Waals surface area contributed by atoms with Gasteiger partial charge < -0.3 is 19.7 Å². The van der Waals surface area contributed by atoms with Gasteiger partial charge in [0.05, 0.1) is 5.56 Å². The molecule has 7 nitrogen and oxygen atoms in total. The van der Waals surface area contributed by atoms with Gasteiger partial charge in [-0.05, 0) is 31.0 Å². The molecule has 0 radical (unpaired) electrons. The minimum atomic E-state index is -4.43. The van der Waals surface area contributed by atoms with Gasteiger partial charge in [-0.2, -0.15) is 13.2 Å². The first-order chi connectivity index (χ1) is 16.0. The van der Waals surface area contributed by atoms with Crippen molar-refractivity contribution in [1.82, 2.24) is 14.8 Å². The molecular weight excluding hydrogens is 449 g/mol. The Morgan fingerprint density at radius 2 is 1.71 bits per heavy atom. The molecule has 1 aliphatic rings. The predicted molar refractivity (Wildman–Crippen MR) is 123 cm³/mol. The van der Waals surface area contributed by atoms with Crippen molar-refractivity contribution in [2.24, 2.45) is 5.92 Å². The molecule has 0 aliphatic carbocycles. The van der Waals surface area contributed by atoms with Crippen molar-refractivity contribution in [1.29, 1.82) is 0 Å². The molecule has 1 aliphatic heterocycles. The summed E-state index contributed by atoms with van der Waals surface area (Å²) in [6.45, 7) is 7.70. The van der Waals surface area contributed by atoms with E-state index in [-0.39, 0.29) is 30.1 Å². The van der Waals surface area contributed by atoms with Crippen LogP contribution in [0.5, 0.6) is 0 Å². The SMILES string of the molecule is CCNC(=O)c1cn(CC(C)C)cc(C(=O)N2CCN(c3cccc(C(F)(F)F)c3)CC2)c1=O. The van der Waals surface area contributed by atoms with Crippen molar-refractivity contribution in [2.45, 2.75) is 33.5 Å². The number of pyridine rings is 1. The van der Waals surface area contributed by atoms with E-state index in [2.05, 4.69) is 5.32 Å². The van der Waals surface area contributed by atoms with Crippen LogP contribution < -0.4 is 15.6 Å². The fraction of sp³-hybridized carbons (Fsp3) is 0.458. The van der Waals surface area contributed by atoms with Crippen LogP contribution in [0.1, 0.15) is 47.1 Å². The van der Waals surface area contributed by atoms with Crippen molar-refractivity contribution < 1.29 is 22.8 Å². The number of carbonyl (C=O) groups excluding carboxylic acids is 2. The van der Waals surface area contributed by atoms with E-state index in [9.17, 15) is 27.6 Å². The number of benzene rings is 1. The molecule has 0 spiro atoms. The second kappa shape index (κ2) is 10.3. The van der Waals surface area contributed by atoms with Crippen LogP contribution >= 0.6 is 0 Å². The third-order valence-electron chi connectivity index (χ3n) is 5.57. The highest BCUT2D eigenvalue weighted by Crippen LogP contribution is 2.31. The highest BCUT2D eigenvalue weighted by molar-refractivity contribution is 5.99. The Labute approximate surface area is 196 Å². The van der Waals surface area contributed by atoms with E-state index in [1.807, 2.05) is 13.8 Å². The van der Waals surface area contributed by atoms with Gasteiger partial charge in [0.25, 0.3) is 11.8 Å². The summed E-state index contributed by atoms with van der Waals surface area (Å²) in [5.74, 6) is -0.796. The average molecular weight is 479 g/mol. The Morgan fingerprint density at radius 3 is 2.29 bits per heavy atom. The van der Waals surface area contributed by atoms with Gasteiger partial charge in [-0.15, -0.1) is 0 Å². The van der Waals surface area contributed by atoms with Crippen LogP contribution in [-0.2, 0) is 12.7 Å². The van der Waals surface area contributed by atoms with E-state index < -0.39 is 29.0 Å². The summed E-state index contributed by atoms with van der Waals surface area (Å²) in [4.78, 5) is 41.9. The second-order valence-corrected chi connectivity index (χ2v) is 8.69. The lowest BCUT2D eigenvalue weighted by Crippen LogP contribution is -2.50. The van der Waals surface area contributed by atoms with Gasteiger partial charge in [0, 0.05) is 57.3 Å². The number of hydrogen-bond acceptors (Lipinski definition) is 4. The predicted octanol–water partition coefficient (Wildman–Crippen LogP) is 3.24. The van der Waals surface area contributed by atoms with Gasteiger partial charge in [0.2, 0.25) is 5.43 Å². The Balaban J connectivity index is 1.81. The molecule has 1 aromatic carbocycles. The molecule has 0 saturated carbocycles. The quantitative estimate of drug-likeness (QED) is 0.692. The first-order valence-electron chi connectivity index (χ1n) is 11.2. The van der Waals surface area contributed by atoms with E-state index in [1.165, 1.54) is 23.4 Å². The largest absolute Gasteiger partial charge is 0.416 e. The Bertz CT molecular complexity index is 1100. The molecule has 10 heteroatoms. The number of hydrogen-bond donors (Lipinski definition) is 1. The van der Waals surface area contributed by atoms with Crippen LogP contribution in [0, 0.1) is 5.92 Å². The number of aromatic nitrogens is 1. The van der Waals surface area contributed by atoms with Crippen LogP contribution in [0.25, 0.3) is 0 Å². The number of alkyl halides is 3. The molecule has 2 amide bonds. The number of nitrogens with zero attached hydrogens (tertiary/aromatic N) is 3. The monoisotopic (exact) mass is 478 g/mol. The lowest BCUT2D eigenvalue weighted by molar-refractivity contribution is -0.137. The summed E-state index contributed by atoms with van der Waals surface area (Å²) in [6, 6.07) is 5.08. The van der Waals surface area contributed by atoms with Crippen LogP contribution in [0.15, 0.2) is 41.5 Å². The zero-order valence-corrected chi connectivity index (χ0v) is 19.5. The highest BCUT2D eigenvalue weighted by Gasteiger charge is 2.32. The minimum absolute atomic E-state index is 0.0862. The van der Waals surface area contributed by atoms with E-state index in [0.717, 1.165) is 12.1 Å². The van der Waals surface area contributed by atoms with Crippen molar-refractivity contribution in [3.8, 4) is 0 Å². The van der Waals surface area contributed by atoms with E-state index in [1.54, 1.807) is 22.5 Å². The van der Waals surface area contributed by atoms with Crippen LogP contribution in [-0.4, -0.2) is 54.0 Å². The summed E-state index contributed by atoms with van der Waals surface area (Å²) < 4.78 is 40.8. The third kappa shape index (κ3) is 5.78. The van der Waals surface area contributed by atoms with Gasteiger partial charge in [0.1, 0.15) is 11.1 Å². The number of anilines is 1. The molecule has 2 aromatic rings. The maximum Gasteiger partial charge on any atom is 0.416 e. The molecule has 184 valence electrons. The number of amides is 2. The fourth-order valence-corrected chi connectivity index (χ4v) is 3.95. The normalized spacial score (nSPS) is 14.4. The molecular formula is C24H29F3N4O3. The van der Waals surface area contributed by atoms with Gasteiger partial charge >= 0.3 is 6.18 Å². The van der Waals surface area contributed by atoms with E-state index in [0.29, 0.717) is 31.9 Å². The number of carbonyl (C=O) groups is 2. The van der Waals surface area contributed by atoms with E-state index >= 15 is 0 Å². The molecule has 1 fully saturated rings. The van der Waals surface area contributed by atoms with Crippen LogP contribution in [0.2, 0.25) is 0 Å². The maximum absolute atomic E-state index is 13.2. The number of nitrogens with one attached hydrogen (secondary N) is 1. The smallest absolute Gasteiger partial charge is 0.368 e. The number of halogens is 3. The fourth-order valence-electron chi connectivity index (χ4n) is 3.95. The summed E-state index contributed by atoms with van der Waals surface area (Å²) in [7, 11) is 0. The zero-order valence-electron chi connectivity index (χ0n) is 19.5. The first-order valence-corrected chi connectivity index (χ1v) is 11.2. The van der Waals surface area contributed by atoms with Crippen molar-refractivity contribution in [3.63, 3.8) is 0 Å². The first kappa shape index (κ1) is 25.3. The lowest BCUT2D eigenvalue weighted by Gasteiger charge is -2.36. The molecule has 0 bridgehead atoms. The van der Waals surface area contributed by atoms with Crippen molar-refractivity contribution in [2.75, 3.05) is 37.6 Å². The second-order valence-electron chi connectivity index (χ2n) is 8.69. The molecule has 2 heterocycles. The minimum Gasteiger partial charge on any atom is -0.368 e. The zero-order chi connectivity index (χ0) is 25.0. The van der Waals surface area contributed by atoms with Gasteiger partial charge in [-0.3, -0.25) is 14.4 Å². The molecule has 1 saturated heterocycles. The standard InChI is InChI=1S/C24H29F3N4O3/c1-4-28-22(33)19-14-29(13-16(2)3)15-20(21(19)32)23(34)31-10-8-30(9-11-31)18-7-5-6-17(12-18)24(25,26)27/h5-7,12,14-16H,4,8-11,13H2,1-3H3,(H,28,33). The number of piperazine rings is 1.